The van der Waals surface area contributed by atoms with Crippen LogP contribution in [0.5, 0.6) is 0 Å². The molecule has 2 aromatic rings. The third kappa shape index (κ3) is 4.16. The zero-order valence-electron chi connectivity index (χ0n) is 15.5. The first-order valence-electron chi connectivity index (χ1n) is 9.24. The number of halogens is 2. The monoisotopic (exact) mass is 383 g/mol. The van der Waals surface area contributed by atoms with E-state index in [1.807, 2.05) is 0 Å². The molecule has 2 aliphatic heterocycles. The van der Waals surface area contributed by atoms with Crippen molar-refractivity contribution in [3.05, 3.63) is 35.0 Å². The van der Waals surface area contributed by atoms with Gasteiger partial charge in [-0.05, 0) is 57.6 Å². The molecular formula is C20H31Cl2N3. The zero-order chi connectivity index (χ0) is 15.8. The minimum atomic E-state index is 0. The molecule has 140 valence electrons. The van der Waals surface area contributed by atoms with Gasteiger partial charge >= 0.3 is 0 Å². The van der Waals surface area contributed by atoms with Gasteiger partial charge in [0.1, 0.15) is 0 Å². The van der Waals surface area contributed by atoms with Gasteiger partial charge in [0.25, 0.3) is 0 Å². The molecule has 2 aliphatic rings. The summed E-state index contributed by atoms with van der Waals surface area (Å²) in [7, 11) is 2.25. The number of hydrogen-bond donors (Lipinski definition) is 0. The van der Waals surface area contributed by atoms with E-state index in [1.165, 1.54) is 68.3 Å². The molecule has 0 atom stereocenters. The molecule has 0 spiro atoms. The van der Waals surface area contributed by atoms with E-state index in [0.717, 1.165) is 13.1 Å². The Bertz CT molecular complexity index is 705. The normalized spacial score (nSPS) is 18.5. The fourth-order valence-electron chi connectivity index (χ4n) is 4.38. The van der Waals surface area contributed by atoms with E-state index in [4.69, 9.17) is 0 Å². The van der Waals surface area contributed by atoms with Crippen LogP contribution in [0.1, 0.15) is 36.1 Å². The van der Waals surface area contributed by atoms with Crippen molar-refractivity contribution in [2.45, 2.75) is 45.7 Å². The number of hydrogen-bond acceptors (Lipinski definition) is 2. The first-order chi connectivity index (χ1) is 11.2. The average Bonchev–Trinajstić information content (AvgIpc) is 2.86. The standard InChI is InChI=1S/C20H29N3.2ClH/c1-16-6-7-19-17(14-16)18-15-21(2)11-8-20(18)23(19)13-12-22-9-4-3-5-10-22;;/h6-7,14H,3-5,8-13,15H2,1-2H3;2*1H. The lowest BCUT2D eigenvalue weighted by molar-refractivity contribution is 0.220. The molecule has 1 saturated heterocycles. The third-order valence-electron chi connectivity index (χ3n) is 5.69. The van der Waals surface area contributed by atoms with Gasteiger partial charge < -0.3 is 14.4 Å². The lowest BCUT2D eigenvalue weighted by atomic mass is 10.0. The van der Waals surface area contributed by atoms with Crippen LogP contribution in [-0.4, -0.2) is 47.6 Å². The minimum absolute atomic E-state index is 0. The fourth-order valence-corrected chi connectivity index (χ4v) is 4.38. The number of likely N-dealkylation sites (tertiary alicyclic amines) is 1. The molecule has 1 fully saturated rings. The first-order valence-corrected chi connectivity index (χ1v) is 9.24. The van der Waals surface area contributed by atoms with Crippen LogP contribution < -0.4 is 0 Å². The molecule has 0 radical (unpaired) electrons. The van der Waals surface area contributed by atoms with Crippen molar-refractivity contribution >= 4 is 35.7 Å². The molecule has 0 aliphatic carbocycles. The second-order valence-corrected chi connectivity index (χ2v) is 7.49. The van der Waals surface area contributed by atoms with Crippen molar-refractivity contribution in [2.24, 2.45) is 0 Å². The van der Waals surface area contributed by atoms with Crippen molar-refractivity contribution < 1.29 is 0 Å². The number of rotatable bonds is 3. The highest BCUT2D eigenvalue weighted by Gasteiger charge is 2.22. The van der Waals surface area contributed by atoms with Gasteiger partial charge in [-0.25, -0.2) is 0 Å². The Balaban J connectivity index is 0.00000113. The Morgan fingerprint density at radius 3 is 2.48 bits per heavy atom. The SMILES string of the molecule is Cc1ccc2c(c1)c1c(n2CCN2CCCCC2)CCN(C)C1.Cl.Cl. The summed E-state index contributed by atoms with van der Waals surface area (Å²) in [4.78, 5) is 5.12. The molecular weight excluding hydrogens is 353 g/mol. The van der Waals surface area contributed by atoms with Gasteiger partial charge in [-0.15, -0.1) is 24.8 Å². The number of nitrogens with zero attached hydrogens (tertiary/aromatic N) is 3. The Kier molecular flexibility index (Phi) is 7.21. The second kappa shape index (κ2) is 8.77. The van der Waals surface area contributed by atoms with E-state index in [1.54, 1.807) is 11.3 Å². The third-order valence-corrected chi connectivity index (χ3v) is 5.69. The quantitative estimate of drug-likeness (QED) is 0.783. The lowest BCUT2D eigenvalue weighted by Crippen LogP contribution is -2.33. The van der Waals surface area contributed by atoms with E-state index in [2.05, 4.69) is 46.5 Å². The number of likely N-dealkylation sites (N-methyl/N-ethyl adjacent to an activating group) is 1. The summed E-state index contributed by atoms with van der Waals surface area (Å²) in [5, 5.41) is 1.49. The first kappa shape index (κ1) is 20.6. The number of aromatic nitrogens is 1. The molecule has 3 nitrogen and oxygen atoms in total. The number of fused-ring (bicyclic) bond motifs is 3. The van der Waals surface area contributed by atoms with E-state index < -0.39 is 0 Å². The van der Waals surface area contributed by atoms with Gasteiger partial charge in [-0.2, -0.15) is 0 Å². The molecule has 25 heavy (non-hydrogen) atoms. The predicted octanol–water partition coefficient (Wildman–Crippen LogP) is 4.27. The summed E-state index contributed by atoms with van der Waals surface area (Å²) in [6, 6.07) is 7.01. The largest absolute Gasteiger partial charge is 0.343 e. The lowest BCUT2D eigenvalue weighted by Gasteiger charge is -2.28. The van der Waals surface area contributed by atoms with E-state index >= 15 is 0 Å². The van der Waals surface area contributed by atoms with E-state index in [9.17, 15) is 0 Å². The Morgan fingerprint density at radius 2 is 1.72 bits per heavy atom. The summed E-state index contributed by atoms with van der Waals surface area (Å²) >= 11 is 0. The summed E-state index contributed by atoms with van der Waals surface area (Å²) in [6.45, 7) is 9.45. The van der Waals surface area contributed by atoms with Crippen molar-refractivity contribution in [1.82, 2.24) is 14.4 Å². The maximum atomic E-state index is 2.66. The molecule has 1 aromatic heterocycles. The highest BCUT2D eigenvalue weighted by molar-refractivity contribution is 5.86. The van der Waals surface area contributed by atoms with Crippen LogP contribution in [0.25, 0.3) is 10.9 Å². The summed E-state index contributed by atoms with van der Waals surface area (Å²) in [6.07, 6.45) is 5.38. The molecule has 3 heterocycles. The molecule has 1 aromatic carbocycles. The van der Waals surface area contributed by atoms with Crippen LogP contribution in [0.2, 0.25) is 0 Å². The maximum Gasteiger partial charge on any atom is 0.0486 e. The zero-order valence-corrected chi connectivity index (χ0v) is 17.1. The molecule has 0 saturated carbocycles. The van der Waals surface area contributed by atoms with Crippen LogP contribution in [-0.2, 0) is 19.5 Å². The fraction of sp³-hybridized carbons (Fsp3) is 0.600. The maximum absolute atomic E-state index is 2.66. The van der Waals surface area contributed by atoms with Gasteiger partial charge in [0.2, 0.25) is 0 Å². The highest BCUT2D eigenvalue weighted by Crippen LogP contribution is 2.31. The van der Waals surface area contributed by atoms with Crippen molar-refractivity contribution in [2.75, 3.05) is 33.2 Å². The van der Waals surface area contributed by atoms with Gasteiger partial charge in [-0.3, -0.25) is 0 Å². The van der Waals surface area contributed by atoms with Crippen molar-refractivity contribution in [3.8, 4) is 0 Å². The van der Waals surface area contributed by atoms with Gasteiger partial charge in [0.15, 0.2) is 0 Å². The van der Waals surface area contributed by atoms with Crippen LogP contribution in [0.3, 0.4) is 0 Å². The molecule has 0 amide bonds. The van der Waals surface area contributed by atoms with E-state index in [0.29, 0.717) is 0 Å². The molecule has 5 heteroatoms. The topological polar surface area (TPSA) is 11.4 Å². The minimum Gasteiger partial charge on any atom is -0.343 e. The van der Waals surface area contributed by atoms with Gasteiger partial charge in [-0.1, -0.05) is 18.1 Å². The number of benzene rings is 1. The van der Waals surface area contributed by atoms with Crippen LogP contribution in [0, 0.1) is 6.92 Å². The predicted molar refractivity (Wildman–Crippen MR) is 112 cm³/mol. The molecule has 0 N–H and O–H groups in total. The Labute approximate surface area is 164 Å². The smallest absolute Gasteiger partial charge is 0.0486 e. The summed E-state index contributed by atoms with van der Waals surface area (Å²) in [5.74, 6) is 0. The van der Waals surface area contributed by atoms with Crippen molar-refractivity contribution in [3.63, 3.8) is 0 Å². The average molecular weight is 384 g/mol. The molecule has 0 unspecified atom stereocenters. The second-order valence-electron chi connectivity index (χ2n) is 7.49. The van der Waals surface area contributed by atoms with Crippen LogP contribution >= 0.6 is 24.8 Å². The van der Waals surface area contributed by atoms with Crippen LogP contribution in [0.4, 0.5) is 0 Å². The van der Waals surface area contributed by atoms with Crippen LogP contribution in [0.15, 0.2) is 18.2 Å². The summed E-state index contributed by atoms with van der Waals surface area (Å²) < 4.78 is 2.63. The molecule has 4 rings (SSSR count). The van der Waals surface area contributed by atoms with Crippen molar-refractivity contribution in [1.29, 1.82) is 0 Å². The highest BCUT2D eigenvalue weighted by atomic mass is 35.5. The number of piperidine rings is 1. The van der Waals surface area contributed by atoms with Gasteiger partial charge in [0, 0.05) is 49.2 Å². The van der Waals surface area contributed by atoms with Gasteiger partial charge in [0.05, 0.1) is 0 Å². The summed E-state index contributed by atoms with van der Waals surface area (Å²) in [5.41, 5.74) is 6.01. The molecule has 0 bridgehead atoms. The Morgan fingerprint density at radius 1 is 0.960 bits per heavy atom. The Hall–Kier alpha value is -0.740. The van der Waals surface area contributed by atoms with E-state index in [-0.39, 0.29) is 24.8 Å². The number of aryl methyl sites for hydroxylation is 1.